The van der Waals surface area contributed by atoms with E-state index in [0.29, 0.717) is 24.1 Å². The molecule has 0 saturated carbocycles. The highest BCUT2D eigenvalue weighted by molar-refractivity contribution is 5.26. The minimum Gasteiger partial charge on any atom is -0.310 e. The first-order chi connectivity index (χ1) is 10.1. The summed E-state index contributed by atoms with van der Waals surface area (Å²) in [7, 11) is 0. The summed E-state index contributed by atoms with van der Waals surface area (Å²) >= 11 is 0. The third-order valence-electron chi connectivity index (χ3n) is 3.31. The second-order valence-corrected chi connectivity index (χ2v) is 5.01. The van der Waals surface area contributed by atoms with Crippen molar-refractivity contribution in [3.8, 4) is 0 Å². The molecule has 0 aliphatic carbocycles. The maximum Gasteiger partial charge on any atom is 0.126 e. The molecule has 4 heteroatoms. The summed E-state index contributed by atoms with van der Waals surface area (Å²) in [6.07, 6.45) is 1.22. The zero-order valence-electron chi connectivity index (χ0n) is 11.9. The first-order valence-electron chi connectivity index (χ1n) is 7.03. The molecule has 112 valence electrons. The molecular formula is C17H18F3N. The monoisotopic (exact) mass is 293 g/mol. The van der Waals surface area contributed by atoms with Crippen LogP contribution in [0.15, 0.2) is 42.5 Å². The predicted octanol–water partition coefficient (Wildman–Crippen LogP) is 4.39. The van der Waals surface area contributed by atoms with Crippen molar-refractivity contribution in [1.29, 1.82) is 0 Å². The molecule has 0 spiro atoms. The first kappa shape index (κ1) is 15.6. The number of hydrogen-bond acceptors (Lipinski definition) is 1. The van der Waals surface area contributed by atoms with Crippen molar-refractivity contribution in [2.75, 3.05) is 6.54 Å². The molecule has 1 nitrogen and oxygen atoms in total. The lowest BCUT2D eigenvalue weighted by atomic mass is 9.98. The SMILES string of the molecule is CCCNC(Cc1ccccc1F)c1cc(F)cc(F)c1. The Labute approximate surface area is 122 Å². The number of benzene rings is 2. The summed E-state index contributed by atoms with van der Waals surface area (Å²) in [5.41, 5.74) is 1.01. The van der Waals surface area contributed by atoms with E-state index in [2.05, 4.69) is 5.32 Å². The van der Waals surface area contributed by atoms with E-state index in [9.17, 15) is 13.2 Å². The molecule has 0 saturated heterocycles. The minimum absolute atomic E-state index is 0.308. The van der Waals surface area contributed by atoms with Gasteiger partial charge in [0.1, 0.15) is 17.5 Å². The van der Waals surface area contributed by atoms with Crippen LogP contribution in [-0.2, 0) is 6.42 Å². The molecule has 0 amide bonds. The fraction of sp³-hybridized carbons (Fsp3) is 0.294. The highest BCUT2D eigenvalue weighted by atomic mass is 19.1. The van der Waals surface area contributed by atoms with Crippen LogP contribution in [0.1, 0.15) is 30.5 Å². The van der Waals surface area contributed by atoms with Gasteiger partial charge in [0.2, 0.25) is 0 Å². The maximum absolute atomic E-state index is 13.8. The van der Waals surface area contributed by atoms with Crippen molar-refractivity contribution < 1.29 is 13.2 Å². The quantitative estimate of drug-likeness (QED) is 0.833. The van der Waals surface area contributed by atoms with E-state index in [1.165, 1.54) is 18.2 Å². The van der Waals surface area contributed by atoms with E-state index in [-0.39, 0.29) is 11.9 Å². The van der Waals surface area contributed by atoms with Gasteiger partial charge in [-0.25, -0.2) is 13.2 Å². The Morgan fingerprint density at radius 2 is 1.67 bits per heavy atom. The molecule has 0 heterocycles. The van der Waals surface area contributed by atoms with Crippen LogP contribution in [0.4, 0.5) is 13.2 Å². The van der Waals surface area contributed by atoms with Crippen molar-refractivity contribution in [2.24, 2.45) is 0 Å². The lowest BCUT2D eigenvalue weighted by Gasteiger charge is -2.19. The van der Waals surface area contributed by atoms with Crippen LogP contribution in [0.3, 0.4) is 0 Å². The molecule has 0 aliphatic rings. The third kappa shape index (κ3) is 4.33. The van der Waals surface area contributed by atoms with Crippen LogP contribution >= 0.6 is 0 Å². The second kappa shape index (κ2) is 7.27. The Morgan fingerprint density at radius 1 is 1.00 bits per heavy atom. The van der Waals surface area contributed by atoms with Crippen molar-refractivity contribution in [2.45, 2.75) is 25.8 Å². The lowest BCUT2D eigenvalue weighted by molar-refractivity contribution is 0.503. The molecule has 1 unspecified atom stereocenters. The van der Waals surface area contributed by atoms with Crippen LogP contribution in [0.5, 0.6) is 0 Å². The number of hydrogen-bond donors (Lipinski definition) is 1. The van der Waals surface area contributed by atoms with Crippen molar-refractivity contribution in [1.82, 2.24) is 5.32 Å². The molecular weight excluding hydrogens is 275 g/mol. The molecule has 0 radical (unpaired) electrons. The van der Waals surface area contributed by atoms with Crippen LogP contribution in [-0.4, -0.2) is 6.54 Å². The predicted molar refractivity (Wildman–Crippen MR) is 77.5 cm³/mol. The first-order valence-corrected chi connectivity index (χ1v) is 7.03. The van der Waals surface area contributed by atoms with E-state index >= 15 is 0 Å². The standard InChI is InChI=1S/C17H18F3N/c1-2-7-21-17(10-12-5-3-4-6-16(12)20)13-8-14(18)11-15(19)9-13/h3-6,8-9,11,17,21H,2,7,10H2,1H3. The maximum atomic E-state index is 13.8. The van der Waals surface area contributed by atoms with Gasteiger partial charge < -0.3 is 5.32 Å². The van der Waals surface area contributed by atoms with Gasteiger partial charge in [0, 0.05) is 12.1 Å². The lowest BCUT2D eigenvalue weighted by Crippen LogP contribution is -2.24. The van der Waals surface area contributed by atoms with E-state index in [4.69, 9.17) is 0 Å². The van der Waals surface area contributed by atoms with E-state index in [1.807, 2.05) is 6.92 Å². The van der Waals surface area contributed by atoms with Gasteiger partial charge in [-0.1, -0.05) is 25.1 Å². The van der Waals surface area contributed by atoms with E-state index in [1.54, 1.807) is 18.2 Å². The summed E-state index contributed by atoms with van der Waals surface area (Å²) in [4.78, 5) is 0. The zero-order valence-corrected chi connectivity index (χ0v) is 11.9. The van der Waals surface area contributed by atoms with Gasteiger partial charge in [0.15, 0.2) is 0 Å². The van der Waals surface area contributed by atoms with Gasteiger partial charge in [-0.05, 0) is 48.7 Å². The Bertz CT molecular complexity index is 578. The highest BCUT2D eigenvalue weighted by Gasteiger charge is 2.15. The molecule has 2 aromatic rings. The molecule has 0 aromatic heterocycles. The fourth-order valence-corrected chi connectivity index (χ4v) is 2.29. The van der Waals surface area contributed by atoms with Crippen LogP contribution in [0.2, 0.25) is 0 Å². The number of rotatable bonds is 6. The van der Waals surface area contributed by atoms with Gasteiger partial charge in [0.05, 0.1) is 0 Å². The summed E-state index contributed by atoms with van der Waals surface area (Å²) in [5.74, 6) is -1.55. The Balaban J connectivity index is 2.27. The van der Waals surface area contributed by atoms with Gasteiger partial charge in [-0.3, -0.25) is 0 Å². The fourth-order valence-electron chi connectivity index (χ4n) is 2.29. The third-order valence-corrected chi connectivity index (χ3v) is 3.31. The second-order valence-electron chi connectivity index (χ2n) is 5.01. The Kier molecular flexibility index (Phi) is 5.39. The minimum atomic E-state index is -0.623. The molecule has 1 N–H and O–H groups in total. The van der Waals surface area contributed by atoms with Gasteiger partial charge >= 0.3 is 0 Å². The van der Waals surface area contributed by atoms with Gasteiger partial charge in [0.25, 0.3) is 0 Å². The molecule has 2 aromatic carbocycles. The van der Waals surface area contributed by atoms with Gasteiger partial charge in [-0.2, -0.15) is 0 Å². The number of halogens is 3. The number of nitrogens with one attached hydrogen (secondary N) is 1. The molecule has 0 bridgehead atoms. The summed E-state index contributed by atoms with van der Waals surface area (Å²) < 4.78 is 40.5. The zero-order chi connectivity index (χ0) is 15.2. The van der Waals surface area contributed by atoms with Crippen LogP contribution in [0, 0.1) is 17.5 Å². The van der Waals surface area contributed by atoms with Crippen molar-refractivity contribution >= 4 is 0 Å². The molecule has 0 aliphatic heterocycles. The molecule has 21 heavy (non-hydrogen) atoms. The van der Waals surface area contributed by atoms with Crippen LogP contribution < -0.4 is 5.32 Å². The summed E-state index contributed by atoms with van der Waals surface area (Å²) in [6, 6.07) is 9.53. The summed E-state index contributed by atoms with van der Waals surface area (Å²) in [6.45, 7) is 2.69. The molecule has 0 fully saturated rings. The van der Waals surface area contributed by atoms with Crippen molar-refractivity contribution in [3.05, 3.63) is 71.0 Å². The van der Waals surface area contributed by atoms with Crippen molar-refractivity contribution in [3.63, 3.8) is 0 Å². The largest absolute Gasteiger partial charge is 0.310 e. The smallest absolute Gasteiger partial charge is 0.126 e. The normalized spacial score (nSPS) is 12.4. The average molecular weight is 293 g/mol. The van der Waals surface area contributed by atoms with E-state index < -0.39 is 11.6 Å². The molecule has 2 rings (SSSR count). The Morgan fingerprint density at radius 3 is 2.29 bits per heavy atom. The van der Waals surface area contributed by atoms with Crippen LogP contribution in [0.25, 0.3) is 0 Å². The average Bonchev–Trinajstić information content (AvgIpc) is 2.44. The van der Waals surface area contributed by atoms with Gasteiger partial charge in [-0.15, -0.1) is 0 Å². The van der Waals surface area contributed by atoms with E-state index in [0.717, 1.165) is 12.5 Å². The molecule has 1 atom stereocenters. The Hall–Kier alpha value is -1.81. The highest BCUT2D eigenvalue weighted by Crippen LogP contribution is 2.22. The summed E-state index contributed by atoms with van der Waals surface area (Å²) in [5, 5.41) is 3.22. The topological polar surface area (TPSA) is 12.0 Å².